The highest BCUT2D eigenvalue weighted by Gasteiger charge is 2.17. The minimum Gasteiger partial charge on any atom is -0.378 e. The van der Waals surface area contributed by atoms with Gasteiger partial charge >= 0.3 is 0 Å². The van der Waals surface area contributed by atoms with Crippen LogP contribution in [0.3, 0.4) is 0 Å². The van der Waals surface area contributed by atoms with Crippen LogP contribution in [0.2, 0.25) is 0 Å². The summed E-state index contributed by atoms with van der Waals surface area (Å²) < 4.78 is 6.06. The molecule has 0 bridgehead atoms. The van der Waals surface area contributed by atoms with Crippen molar-refractivity contribution >= 4 is 28.2 Å². The summed E-state index contributed by atoms with van der Waals surface area (Å²) in [7, 11) is 0. The van der Waals surface area contributed by atoms with Crippen molar-refractivity contribution in [1.29, 1.82) is 5.26 Å². The molecule has 0 N–H and O–H groups in total. The van der Waals surface area contributed by atoms with Crippen LogP contribution in [0, 0.1) is 11.3 Å². The van der Waals surface area contributed by atoms with E-state index in [1.165, 1.54) is 29.3 Å². The zero-order chi connectivity index (χ0) is 13.8. The first-order valence-corrected chi connectivity index (χ1v) is 7.55. The number of ether oxygens (including phenoxy) is 1. The summed E-state index contributed by atoms with van der Waals surface area (Å²) in [5.74, 6) is 0. The van der Waals surface area contributed by atoms with Gasteiger partial charge in [-0.05, 0) is 11.8 Å². The largest absolute Gasteiger partial charge is 0.378 e. The van der Waals surface area contributed by atoms with Gasteiger partial charge in [0.1, 0.15) is 11.1 Å². The van der Waals surface area contributed by atoms with Crippen LogP contribution in [0.1, 0.15) is 5.69 Å². The van der Waals surface area contributed by atoms with E-state index in [-0.39, 0.29) is 0 Å². The molecule has 102 valence electrons. The maximum absolute atomic E-state index is 8.98. The maximum Gasteiger partial charge on any atom is 0.209 e. The van der Waals surface area contributed by atoms with Gasteiger partial charge in [0, 0.05) is 25.5 Å². The Kier molecular flexibility index (Phi) is 4.05. The smallest absolute Gasteiger partial charge is 0.209 e. The average molecular weight is 306 g/mol. The zero-order valence-electron chi connectivity index (χ0n) is 10.4. The molecule has 0 unspecified atom stereocenters. The SMILES string of the molecule is N#Cc1nccnc1Sc1nnc(N2CCOCC2)s1. The second kappa shape index (κ2) is 6.13. The number of hydrogen-bond donors (Lipinski definition) is 0. The van der Waals surface area contributed by atoms with Gasteiger partial charge in [-0.1, -0.05) is 11.3 Å². The summed E-state index contributed by atoms with van der Waals surface area (Å²) >= 11 is 2.80. The zero-order valence-corrected chi connectivity index (χ0v) is 12.0. The first-order valence-electron chi connectivity index (χ1n) is 5.92. The molecule has 2 aromatic heterocycles. The highest BCUT2D eigenvalue weighted by molar-refractivity contribution is 8.01. The lowest BCUT2D eigenvalue weighted by Gasteiger charge is -2.25. The Morgan fingerprint density at radius 1 is 1.25 bits per heavy atom. The third kappa shape index (κ3) is 2.87. The standard InChI is InChI=1S/C11H10N6OS2/c12-7-8-9(14-2-1-13-8)19-11-16-15-10(20-11)17-3-5-18-6-4-17/h1-2H,3-6H2. The van der Waals surface area contributed by atoms with Crippen molar-refractivity contribution < 1.29 is 4.74 Å². The van der Waals surface area contributed by atoms with Crippen LogP contribution in [0.25, 0.3) is 0 Å². The van der Waals surface area contributed by atoms with Crippen LogP contribution < -0.4 is 4.90 Å². The van der Waals surface area contributed by atoms with Crippen molar-refractivity contribution in [2.75, 3.05) is 31.2 Å². The third-order valence-electron chi connectivity index (χ3n) is 2.63. The number of rotatable bonds is 3. The molecule has 0 atom stereocenters. The van der Waals surface area contributed by atoms with E-state index in [0.29, 0.717) is 23.9 Å². The van der Waals surface area contributed by atoms with Crippen molar-refractivity contribution in [2.45, 2.75) is 9.37 Å². The van der Waals surface area contributed by atoms with Crippen LogP contribution >= 0.6 is 23.1 Å². The highest BCUT2D eigenvalue weighted by Crippen LogP contribution is 2.33. The molecule has 0 amide bonds. The second-order valence-corrected chi connectivity index (χ2v) is 6.07. The third-order valence-corrected chi connectivity index (χ3v) is 4.66. The van der Waals surface area contributed by atoms with Crippen molar-refractivity contribution in [3.05, 3.63) is 18.1 Å². The minimum absolute atomic E-state index is 0.306. The van der Waals surface area contributed by atoms with Gasteiger partial charge in [0.15, 0.2) is 10.0 Å². The molecule has 2 aromatic rings. The van der Waals surface area contributed by atoms with Crippen molar-refractivity contribution in [2.24, 2.45) is 0 Å². The van der Waals surface area contributed by atoms with E-state index in [0.717, 1.165) is 22.6 Å². The molecule has 9 heteroatoms. The van der Waals surface area contributed by atoms with E-state index in [9.17, 15) is 0 Å². The van der Waals surface area contributed by atoms with Crippen LogP contribution in [-0.4, -0.2) is 46.5 Å². The van der Waals surface area contributed by atoms with Crippen molar-refractivity contribution in [3.63, 3.8) is 0 Å². The predicted octanol–water partition coefficient (Wildman–Crippen LogP) is 1.19. The quantitative estimate of drug-likeness (QED) is 0.835. The van der Waals surface area contributed by atoms with Gasteiger partial charge in [-0.25, -0.2) is 9.97 Å². The Hall–Kier alpha value is -1.76. The Morgan fingerprint density at radius 3 is 2.85 bits per heavy atom. The molecule has 7 nitrogen and oxygen atoms in total. The number of nitriles is 1. The molecule has 1 saturated heterocycles. The number of aromatic nitrogens is 4. The van der Waals surface area contributed by atoms with E-state index in [4.69, 9.17) is 10.00 Å². The number of anilines is 1. The van der Waals surface area contributed by atoms with Gasteiger partial charge in [0.05, 0.1) is 13.2 Å². The van der Waals surface area contributed by atoms with Crippen LogP contribution in [0.15, 0.2) is 21.8 Å². The van der Waals surface area contributed by atoms with E-state index in [2.05, 4.69) is 25.1 Å². The molecule has 20 heavy (non-hydrogen) atoms. The first kappa shape index (κ1) is 13.2. The lowest BCUT2D eigenvalue weighted by molar-refractivity contribution is 0.122. The second-order valence-electron chi connectivity index (χ2n) is 3.87. The average Bonchev–Trinajstić information content (AvgIpc) is 2.97. The molecule has 0 aliphatic carbocycles. The minimum atomic E-state index is 0.306. The molecular formula is C11H10N6OS2. The van der Waals surface area contributed by atoms with Crippen LogP contribution in [-0.2, 0) is 4.74 Å². The molecule has 1 fully saturated rings. The van der Waals surface area contributed by atoms with Crippen molar-refractivity contribution in [1.82, 2.24) is 20.2 Å². The first-order chi connectivity index (χ1) is 9.86. The normalized spacial score (nSPS) is 15.1. The molecule has 1 aliphatic rings. The van der Waals surface area contributed by atoms with Gasteiger partial charge in [-0.3, -0.25) is 0 Å². The van der Waals surface area contributed by atoms with E-state index >= 15 is 0 Å². The predicted molar refractivity (Wildman–Crippen MR) is 73.8 cm³/mol. The number of hydrogen-bond acceptors (Lipinski definition) is 9. The van der Waals surface area contributed by atoms with Crippen LogP contribution in [0.5, 0.6) is 0 Å². The molecule has 0 spiro atoms. The molecule has 0 aromatic carbocycles. The fraction of sp³-hybridized carbons (Fsp3) is 0.364. The topological polar surface area (TPSA) is 87.8 Å². The fourth-order valence-electron chi connectivity index (χ4n) is 1.69. The lowest BCUT2D eigenvalue weighted by atomic mass is 10.5. The Labute approximate surface area is 123 Å². The number of morpholine rings is 1. The molecule has 3 heterocycles. The lowest BCUT2D eigenvalue weighted by Crippen LogP contribution is -2.36. The van der Waals surface area contributed by atoms with Gasteiger partial charge < -0.3 is 9.64 Å². The molecular weight excluding hydrogens is 296 g/mol. The summed E-state index contributed by atoms with van der Waals surface area (Å²) in [6.45, 7) is 3.08. The summed E-state index contributed by atoms with van der Waals surface area (Å²) in [5.41, 5.74) is 0.306. The summed E-state index contributed by atoms with van der Waals surface area (Å²) in [6.07, 6.45) is 3.06. The summed E-state index contributed by atoms with van der Waals surface area (Å²) in [5, 5.41) is 18.7. The summed E-state index contributed by atoms with van der Waals surface area (Å²) in [6, 6.07) is 2.02. The molecule has 3 rings (SSSR count). The van der Waals surface area contributed by atoms with E-state index in [1.54, 1.807) is 6.20 Å². The molecule has 0 saturated carbocycles. The fourth-order valence-corrected chi connectivity index (χ4v) is 3.50. The van der Waals surface area contributed by atoms with Crippen molar-refractivity contribution in [3.8, 4) is 6.07 Å². The summed E-state index contributed by atoms with van der Waals surface area (Å²) in [4.78, 5) is 10.3. The Morgan fingerprint density at radius 2 is 2.05 bits per heavy atom. The van der Waals surface area contributed by atoms with E-state index < -0.39 is 0 Å². The maximum atomic E-state index is 8.98. The van der Waals surface area contributed by atoms with Gasteiger partial charge in [0.2, 0.25) is 5.13 Å². The van der Waals surface area contributed by atoms with E-state index in [1.807, 2.05) is 6.07 Å². The molecule has 0 radical (unpaired) electrons. The monoisotopic (exact) mass is 306 g/mol. The van der Waals surface area contributed by atoms with Gasteiger partial charge in [-0.15, -0.1) is 10.2 Å². The Bertz CT molecular complexity index is 634. The Balaban J connectivity index is 1.75. The highest BCUT2D eigenvalue weighted by atomic mass is 32.2. The molecule has 1 aliphatic heterocycles. The van der Waals surface area contributed by atoms with Crippen LogP contribution in [0.4, 0.5) is 5.13 Å². The van der Waals surface area contributed by atoms with Gasteiger partial charge in [-0.2, -0.15) is 5.26 Å². The number of nitrogens with zero attached hydrogens (tertiary/aromatic N) is 6. The van der Waals surface area contributed by atoms with Gasteiger partial charge in [0.25, 0.3) is 0 Å².